The Hall–Kier alpha value is -1.48. The monoisotopic (exact) mass is 209 g/mol. The molecule has 0 amide bonds. The van der Waals surface area contributed by atoms with Gasteiger partial charge in [-0.2, -0.15) is 0 Å². The number of anilines is 1. The summed E-state index contributed by atoms with van der Waals surface area (Å²) < 4.78 is 1.91. The SMILES string of the molecule is Cl.Nc1nccn1Cc1ccccc1. The molecule has 4 heteroatoms. The molecule has 0 saturated carbocycles. The van der Waals surface area contributed by atoms with Gasteiger partial charge in [0.05, 0.1) is 6.54 Å². The number of nitrogens with zero attached hydrogens (tertiary/aromatic N) is 2. The standard InChI is InChI=1S/C10H11N3.ClH/c11-10-12-6-7-13(10)8-9-4-2-1-3-5-9;/h1-7H,8H2,(H2,11,12);1H. The molecule has 0 aliphatic carbocycles. The topological polar surface area (TPSA) is 43.8 Å². The molecule has 0 bridgehead atoms. The summed E-state index contributed by atoms with van der Waals surface area (Å²) in [7, 11) is 0. The average molecular weight is 210 g/mol. The Morgan fingerprint density at radius 2 is 1.93 bits per heavy atom. The van der Waals surface area contributed by atoms with E-state index in [-0.39, 0.29) is 12.4 Å². The molecule has 2 N–H and O–H groups in total. The minimum atomic E-state index is 0. The number of benzene rings is 1. The molecule has 0 aliphatic rings. The third-order valence-corrected chi connectivity index (χ3v) is 1.94. The second kappa shape index (κ2) is 4.67. The van der Waals surface area contributed by atoms with Gasteiger partial charge in [-0.05, 0) is 5.56 Å². The Morgan fingerprint density at radius 1 is 1.21 bits per heavy atom. The van der Waals surface area contributed by atoms with E-state index in [1.54, 1.807) is 6.20 Å². The first-order valence-electron chi connectivity index (χ1n) is 4.17. The molecule has 0 radical (unpaired) electrons. The Labute approximate surface area is 89.0 Å². The van der Waals surface area contributed by atoms with Gasteiger partial charge in [0.1, 0.15) is 0 Å². The van der Waals surface area contributed by atoms with Crippen LogP contribution in [-0.2, 0) is 6.54 Å². The fraction of sp³-hybridized carbons (Fsp3) is 0.100. The third-order valence-electron chi connectivity index (χ3n) is 1.94. The summed E-state index contributed by atoms with van der Waals surface area (Å²) >= 11 is 0. The molecule has 1 aromatic carbocycles. The van der Waals surface area contributed by atoms with Gasteiger partial charge in [0.2, 0.25) is 0 Å². The zero-order valence-corrected chi connectivity index (χ0v) is 8.45. The normalized spacial score (nSPS) is 9.43. The van der Waals surface area contributed by atoms with Crippen LogP contribution in [0.1, 0.15) is 5.56 Å². The fourth-order valence-electron chi connectivity index (χ4n) is 1.25. The van der Waals surface area contributed by atoms with Crippen molar-refractivity contribution < 1.29 is 0 Å². The lowest BCUT2D eigenvalue weighted by atomic mass is 10.2. The number of halogens is 1. The molecule has 2 aromatic rings. The van der Waals surface area contributed by atoms with Crippen molar-refractivity contribution in [3.8, 4) is 0 Å². The summed E-state index contributed by atoms with van der Waals surface area (Å²) in [6.07, 6.45) is 3.58. The molecule has 1 aromatic heterocycles. The third kappa shape index (κ3) is 2.26. The summed E-state index contributed by atoms with van der Waals surface area (Å²) in [4.78, 5) is 3.95. The molecule has 1 heterocycles. The van der Waals surface area contributed by atoms with Crippen LogP contribution in [0, 0.1) is 0 Å². The van der Waals surface area contributed by atoms with E-state index in [2.05, 4.69) is 17.1 Å². The van der Waals surface area contributed by atoms with Gasteiger partial charge in [0.25, 0.3) is 0 Å². The molecule has 0 unspecified atom stereocenters. The van der Waals surface area contributed by atoms with E-state index in [0.29, 0.717) is 5.95 Å². The molecule has 0 spiro atoms. The molecule has 74 valence electrons. The summed E-state index contributed by atoms with van der Waals surface area (Å²) in [5.74, 6) is 0.559. The summed E-state index contributed by atoms with van der Waals surface area (Å²) in [5.41, 5.74) is 6.87. The highest BCUT2D eigenvalue weighted by atomic mass is 35.5. The van der Waals surface area contributed by atoms with Crippen molar-refractivity contribution in [2.75, 3.05) is 5.73 Å². The van der Waals surface area contributed by atoms with Crippen molar-refractivity contribution in [2.45, 2.75) is 6.54 Å². The van der Waals surface area contributed by atoms with Crippen LogP contribution in [0.4, 0.5) is 5.95 Å². The predicted molar refractivity (Wildman–Crippen MR) is 59.4 cm³/mol. The summed E-state index contributed by atoms with van der Waals surface area (Å²) in [6.45, 7) is 0.784. The maximum absolute atomic E-state index is 5.64. The number of hydrogen-bond acceptors (Lipinski definition) is 2. The highest BCUT2D eigenvalue weighted by Crippen LogP contribution is 2.05. The lowest BCUT2D eigenvalue weighted by Gasteiger charge is -2.03. The van der Waals surface area contributed by atoms with Gasteiger partial charge in [0.15, 0.2) is 5.95 Å². The van der Waals surface area contributed by atoms with Gasteiger partial charge >= 0.3 is 0 Å². The van der Waals surface area contributed by atoms with Crippen LogP contribution in [0.2, 0.25) is 0 Å². The molecule has 0 aliphatic heterocycles. The number of imidazole rings is 1. The zero-order valence-electron chi connectivity index (χ0n) is 7.63. The number of nitrogen functional groups attached to an aromatic ring is 1. The Balaban J connectivity index is 0.000000980. The van der Waals surface area contributed by atoms with Crippen LogP contribution < -0.4 is 5.73 Å². The number of hydrogen-bond donors (Lipinski definition) is 1. The largest absolute Gasteiger partial charge is 0.369 e. The van der Waals surface area contributed by atoms with E-state index in [9.17, 15) is 0 Å². The number of rotatable bonds is 2. The average Bonchev–Trinajstić information content (AvgIpc) is 2.54. The minimum Gasteiger partial charge on any atom is -0.369 e. The number of aromatic nitrogens is 2. The van der Waals surface area contributed by atoms with Crippen LogP contribution in [0.5, 0.6) is 0 Å². The lowest BCUT2D eigenvalue weighted by Crippen LogP contribution is -2.03. The van der Waals surface area contributed by atoms with E-state index >= 15 is 0 Å². The Kier molecular flexibility index (Phi) is 3.54. The van der Waals surface area contributed by atoms with E-state index in [4.69, 9.17) is 5.73 Å². The maximum atomic E-state index is 5.64. The first kappa shape index (κ1) is 10.6. The minimum absolute atomic E-state index is 0. The van der Waals surface area contributed by atoms with Crippen molar-refractivity contribution >= 4 is 18.4 Å². The first-order valence-corrected chi connectivity index (χ1v) is 4.17. The van der Waals surface area contributed by atoms with Gasteiger partial charge in [-0.3, -0.25) is 0 Å². The van der Waals surface area contributed by atoms with Crippen molar-refractivity contribution in [1.82, 2.24) is 9.55 Å². The Morgan fingerprint density at radius 3 is 2.50 bits per heavy atom. The fourth-order valence-corrected chi connectivity index (χ4v) is 1.25. The molecule has 14 heavy (non-hydrogen) atoms. The number of nitrogens with two attached hydrogens (primary N) is 1. The second-order valence-corrected chi connectivity index (χ2v) is 2.90. The second-order valence-electron chi connectivity index (χ2n) is 2.90. The van der Waals surface area contributed by atoms with Crippen LogP contribution in [-0.4, -0.2) is 9.55 Å². The van der Waals surface area contributed by atoms with Crippen LogP contribution in [0.3, 0.4) is 0 Å². The van der Waals surface area contributed by atoms with Gasteiger partial charge < -0.3 is 10.3 Å². The van der Waals surface area contributed by atoms with Gasteiger partial charge in [0, 0.05) is 12.4 Å². The van der Waals surface area contributed by atoms with E-state index in [0.717, 1.165) is 6.54 Å². The van der Waals surface area contributed by atoms with Crippen molar-refractivity contribution in [3.05, 3.63) is 48.3 Å². The molecule has 3 nitrogen and oxygen atoms in total. The summed E-state index contributed by atoms with van der Waals surface area (Å²) in [6, 6.07) is 10.2. The molecule has 0 saturated heterocycles. The Bertz CT molecular complexity index is 383. The van der Waals surface area contributed by atoms with Crippen molar-refractivity contribution in [1.29, 1.82) is 0 Å². The highest BCUT2D eigenvalue weighted by Gasteiger charge is 1.97. The molecular formula is C10H12ClN3. The van der Waals surface area contributed by atoms with Gasteiger partial charge in [-0.15, -0.1) is 12.4 Å². The van der Waals surface area contributed by atoms with Crippen LogP contribution >= 0.6 is 12.4 Å². The van der Waals surface area contributed by atoms with Crippen LogP contribution in [0.25, 0.3) is 0 Å². The highest BCUT2D eigenvalue weighted by molar-refractivity contribution is 5.85. The molecular weight excluding hydrogens is 198 g/mol. The van der Waals surface area contributed by atoms with Gasteiger partial charge in [-0.1, -0.05) is 30.3 Å². The van der Waals surface area contributed by atoms with Gasteiger partial charge in [-0.25, -0.2) is 4.98 Å². The van der Waals surface area contributed by atoms with E-state index in [1.807, 2.05) is 29.0 Å². The quantitative estimate of drug-likeness (QED) is 0.822. The zero-order chi connectivity index (χ0) is 9.10. The smallest absolute Gasteiger partial charge is 0.200 e. The maximum Gasteiger partial charge on any atom is 0.200 e. The van der Waals surface area contributed by atoms with Crippen LogP contribution in [0.15, 0.2) is 42.7 Å². The first-order chi connectivity index (χ1) is 6.36. The van der Waals surface area contributed by atoms with Crippen molar-refractivity contribution in [3.63, 3.8) is 0 Å². The summed E-state index contributed by atoms with van der Waals surface area (Å²) in [5, 5.41) is 0. The van der Waals surface area contributed by atoms with E-state index in [1.165, 1.54) is 5.56 Å². The van der Waals surface area contributed by atoms with Crippen molar-refractivity contribution in [2.24, 2.45) is 0 Å². The molecule has 0 fully saturated rings. The lowest BCUT2D eigenvalue weighted by molar-refractivity contribution is 0.811. The van der Waals surface area contributed by atoms with E-state index < -0.39 is 0 Å². The molecule has 2 rings (SSSR count). The molecule has 0 atom stereocenters. The predicted octanol–water partition coefficient (Wildman–Crippen LogP) is 1.94.